The third-order valence-corrected chi connectivity index (χ3v) is 3.61. The lowest BCUT2D eigenvalue weighted by Gasteiger charge is -2.23. The first-order valence-corrected chi connectivity index (χ1v) is 6.66. The molecule has 4 nitrogen and oxygen atoms in total. The van der Waals surface area contributed by atoms with E-state index in [4.69, 9.17) is 11.0 Å². The summed E-state index contributed by atoms with van der Waals surface area (Å²) < 4.78 is 0. The Morgan fingerprint density at radius 3 is 2.68 bits per heavy atom. The van der Waals surface area contributed by atoms with Gasteiger partial charge in [0.25, 0.3) is 0 Å². The highest BCUT2D eigenvalue weighted by atomic mass is 16.2. The fraction of sp³-hybridized carbons (Fsp3) is 0.467. The minimum atomic E-state index is -0.00735. The fourth-order valence-corrected chi connectivity index (χ4v) is 2.60. The van der Waals surface area contributed by atoms with Crippen molar-refractivity contribution in [1.82, 2.24) is 4.90 Å². The number of carbonyl (C=O) groups is 1. The summed E-state index contributed by atoms with van der Waals surface area (Å²) in [5.41, 5.74) is 6.90. The summed E-state index contributed by atoms with van der Waals surface area (Å²) in [5, 5.41) is 8.89. The zero-order valence-electron chi connectivity index (χ0n) is 11.0. The van der Waals surface area contributed by atoms with E-state index in [-0.39, 0.29) is 24.4 Å². The van der Waals surface area contributed by atoms with Crippen molar-refractivity contribution >= 4 is 5.91 Å². The molecule has 2 rings (SSSR count). The molecule has 2 atom stereocenters. The van der Waals surface area contributed by atoms with E-state index in [2.05, 4.69) is 6.07 Å². The van der Waals surface area contributed by atoms with Crippen LogP contribution in [0.3, 0.4) is 0 Å². The van der Waals surface area contributed by atoms with Crippen LogP contribution in [0.2, 0.25) is 0 Å². The Kier molecular flexibility index (Phi) is 4.53. The molecular weight excluding hydrogens is 238 g/mol. The van der Waals surface area contributed by atoms with Crippen LogP contribution in [0.1, 0.15) is 24.8 Å². The number of nitrogens with two attached hydrogens (primary N) is 1. The second-order valence-electron chi connectivity index (χ2n) is 5.11. The maximum absolute atomic E-state index is 12.4. The molecule has 1 amide bonds. The van der Waals surface area contributed by atoms with Crippen molar-refractivity contribution in [3.05, 3.63) is 35.9 Å². The van der Waals surface area contributed by atoms with Gasteiger partial charge in [0.15, 0.2) is 0 Å². The van der Waals surface area contributed by atoms with E-state index in [9.17, 15) is 4.79 Å². The molecule has 1 aromatic carbocycles. The Hall–Kier alpha value is -1.86. The molecule has 4 heteroatoms. The van der Waals surface area contributed by atoms with Gasteiger partial charge in [-0.2, -0.15) is 5.26 Å². The SMILES string of the molecule is N#CCN(Cc1ccccc1)C(=O)C1CCC(N)C1. The highest BCUT2D eigenvalue weighted by molar-refractivity contribution is 5.79. The molecule has 1 aliphatic rings. The minimum Gasteiger partial charge on any atom is -0.328 e. The van der Waals surface area contributed by atoms with Crippen molar-refractivity contribution in [2.45, 2.75) is 31.8 Å². The number of hydrogen-bond acceptors (Lipinski definition) is 3. The summed E-state index contributed by atoms with van der Waals surface area (Å²) in [6, 6.07) is 12.0. The summed E-state index contributed by atoms with van der Waals surface area (Å²) in [5.74, 6) is 0.0606. The molecule has 0 heterocycles. The van der Waals surface area contributed by atoms with E-state index in [1.54, 1.807) is 4.90 Å². The van der Waals surface area contributed by atoms with Crippen molar-refractivity contribution < 1.29 is 4.79 Å². The monoisotopic (exact) mass is 257 g/mol. The van der Waals surface area contributed by atoms with Crippen LogP contribution in [0.25, 0.3) is 0 Å². The molecule has 0 saturated heterocycles. The van der Waals surface area contributed by atoms with Gasteiger partial charge in [0.2, 0.25) is 5.91 Å². The predicted molar refractivity (Wildman–Crippen MR) is 72.8 cm³/mol. The van der Waals surface area contributed by atoms with E-state index >= 15 is 0 Å². The second kappa shape index (κ2) is 6.35. The standard InChI is InChI=1S/C15H19N3O/c16-8-9-18(11-12-4-2-1-3-5-12)15(19)13-6-7-14(17)10-13/h1-5,13-14H,6-7,9-11,17H2. The molecule has 1 fully saturated rings. The van der Waals surface area contributed by atoms with Gasteiger partial charge in [-0.3, -0.25) is 4.79 Å². The largest absolute Gasteiger partial charge is 0.328 e. The normalized spacial score (nSPS) is 21.9. The van der Waals surface area contributed by atoms with Gasteiger partial charge in [-0.1, -0.05) is 30.3 Å². The van der Waals surface area contributed by atoms with Crippen LogP contribution in [0.15, 0.2) is 30.3 Å². The third kappa shape index (κ3) is 3.55. The van der Waals surface area contributed by atoms with Gasteiger partial charge in [-0.15, -0.1) is 0 Å². The Morgan fingerprint density at radius 2 is 2.11 bits per heavy atom. The van der Waals surface area contributed by atoms with Gasteiger partial charge < -0.3 is 10.6 Å². The Labute approximate surface area is 113 Å². The molecule has 0 spiro atoms. The van der Waals surface area contributed by atoms with Crippen molar-refractivity contribution in [3.8, 4) is 6.07 Å². The maximum Gasteiger partial charge on any atom is 0.226 e. The van der Waals surface area contributed by atoms with Gasteiger partial charge in [0.1, 0.15) is 6.54 Å². The topological polar surface area (TPSA) is 70.1 Å². The number of nitriles is 1. The van der Waals surface area contributed by atoms with Crippen molar-refractivity contribution in [2.24, 2.45) is 11.7 Å². The number of amides is 1. The van der Waals surface area contributed by atoms with Crippen LogP contribution in [-0.4, -0.2) is 23.4 Å². The summed E-state index contributed by atoms with van der Waals surface area (Å²) >= 11 is 0. The summed E-state index contributed by atoms with van der Waals surface area (Å²) in [6.45, 7) is 0.637. The second-order valence-corrected chi connectivity index (χ2v) is 5.11. The maximum atomic E-state index is 12.4. The highest BCUT2D eigenvalue weighted by Crippen LogP contribution is 2.26. The molecule has 1 saturated carbocycles. The molecule has 100 valence electrons. The quantitative estimate of drug-likeness (QED) is 0.834. The van der Waals surface area contributed by atoms with Crippen LogP contribution in [0, 0.1) is 17.2 Å². The van der Waals surface area contributed by atoms with Crippen LogP contribution in [0.5, 0.6) is 0 Å². The molecule has 2 unspecified atom stereocenters. The summed E-state index contributed by atoms with van der Waals surface area (Å²) in [7, 11) is 0. The molecule has 0 aromatic heterocycles. The third-order valence-electron chi connectivity index (χ3n) is 3.61. The lowest BCUT2D eigenvalue weighted by Crippen LogP contribution is -2.35. The smallest absolute Gasteiger partial charge is 0.226 e. The van der Waals surface area contributed by atoms with E-state index < -0.39 is 0 Å². The number of hydrogen-bond donors (Lipinski definition) is 1. The van der Waals surface area contributed by atoms with E-state index in [0.717, 1.165) is 24.8 Å². The van der Waals surface area contributed by atoms with E-state index in [0.29, 0.717) is 6.54 Å². The fourth-order valence-electron chi connectivity index (χ4n) is 2.60. The molecule has 0 aliphatic heterocycles. The molecule has 1 aliphatic carbocycles. The average molecular weight is 257 g/mol. The van der Waals surface area contributed by atoms with Gasteiger partial charge in [-0.05, 0) is 24.8 Å². The minimum absolute atomic E-state index is 0.00735. The zero-order chi connectivity index (χ0) is 13.7. The van der Waals surface area contributed by atoms with Crippen LogP contribution in [-0.2, 0) is 11.3 Å². The summed E-state index contributed by atoms with van der Waals surface area (Å²) in [6.07, 6.45) is 2.49. The van der Waals surface area contributed by atoms with Crippen molar-refractivity contribution in [2.75, 3.05) is 6.54 Å². The van der Waals surface area contributed by atoms with Gasteiger partial charge in [-0.25, -0.2) is 0 Å². The Bertz CT molecular complexity index is 466. The average Bonchev–Trinajstić information content (AvgIpc) is 2.85. The predicted octanol–water partition coefficient (Wildman–Crippen LogP) is 1.67. The van der Waals surface area contributed by atoms with Gasteiger partial charge >= 0.3 is 0 Å². The lowest BCUT2D eigenvalue weighted by molar-refractivity contribution is -0.135. The van der Waals surface area contributed by atoms with Gasteiger partial charge in [0, 0.05) is 18.5 Å². The van der Waals surface area contributed by atoms with Crippen LogP contribution < -0.4 is 5.73 Å². The molecule has 0 bridgehead atoms. The Balaban J connectivity index is 2.03. The van der Waals surface area contributed by atoms with Gasteiger partial charge in [0.05, 0.1) is 6.07 Å². The lowest BCUT2D eigenvalue weighted by atomic mass is 10.1. The first-order valence-electron chi connectivity index (χ1n) is 6.66. The first-order chi connectivity index (χ1) is 9.20. The van der Waals surface area contributed by atoms with Crippen molar-refractivity contribution in [1.29, 1.82) is 5.26 Å². The van der Waals surface area contributed by atoms with Crippen molar-refractivity contribution in [3.63, 3.8) is 0 Å². The molecule has 0 radical (unpaired) electrons. The highest BCUT2D eigenvalue weighted by Gasteiger charge is 2.30. The van der Waals surface area contributed by atoms with E-state index in [1.807, 2.05) is 30.3 Å². The Morgan fingerprint density at radius 1 is 1.37 bits per heavy atom. The number of nitrogens with zero attached hydrogens (tertiary/aromatic N) is 2. The van der Waals surface area contributed by atoms with E-state index in [1.165, 1.54) is 0 Å². The number of benzene rings is 1. The molecular formula is C15H19N3O. The molecule has 1 aromatic rings. The zero-order valence-corrected chi connectivity index (χ0v) is 11.0. The molecule has 19 heavy (non-hydrogen) atoms. The number of carbonyl (C=O) groups excluding carboxylic acids is 1. The van der Waals surface area contributed by atoms with Crippen LogP contribution in [0.4, 0.5) is 0 Å². The number of rotatable bonds is 4. The van der Waals surface area contributed by atoms with Crippen LogP contribution >= 0.6 is 0 Å². The summed E-state index contributed by atoms with van der Waals surface area (Å²) in [4.78, 5) is 14.0. The first kappa shape index (κ1) is 13.6. The molecule has 2 N–H and O–H groups in total.